The van der Waals surface area contributed by atoms with Crippen LogP contribution in [0, 0.1) is 0 Å². The molecular weight excluding hydrogens is 310 g/mol. The number of phenols is 1. The van der Waals surface area contributed by atoms with E-state index in [0.717, 1.165) is 24.7 Å². The molecule has 4 nitrogen and oxygen atoms in total. The molecule has 1 aromatic rings. The molecule has 0 bridgehead atoms. The van der Waals surface area contributed by atoms with E-state index in [0.29, 0.717) is 17.9 Å². The Balaban J connectivity index is 2.86. The van der Waals surface area contributed by atoms with Crippen molar-refractivity contribution >= 4 is 21.8 Å². The quantitative estimate of drug-likeness (QED) is 0.782. The first-order chi connectivity index (χ1) is 9.13. The molecule has 0 aliphatic heterocycles. The Hall–Kier alpha value is -1.23. The Morgan fingerprint density at radius 1 is 1.42 bits per heavy atom. The van der Waals surface area contributed by atoms with Gasteiger partial charge in [0, 0.05) is 24.0 Å². The van der Waals surface area contributed by atoms with Crippen molar-refractivity contribution in [1.82, 2.24) is 4.90 Å². The number of phenolic OH excluding ortho intramolecular Hbond substituents is 1. The first-order valence-corrected chi connectivity index (χ1v) is 7.48. The summed E-state index contributed by atoms with van der Waals surface area (Å²) in [5.74, 6) is 0.297. The molecular formula is C14H20BrNO3. The number of carbonyl (C=O) groups is 1. The molecule has 0 spiro atoms. The van der Waals surface area contributed by atoms with Crippen LogP contribution >= 0.6 is 15.9 Å². The minimum Gasteiger partial charge on any atom is -0.504 e. The molecule has 0 aliphatic rings. The average molecular weight is 330 g/mol. The van der Waals surface area contributed by atoms with E-state index in [2.05, 4.69) is 22.9 Å². The first-order valence-electron chi connectivity index (χ1n) is 6.36. The van der Waals surface area contributed by atoms with Gasteiger partial charge < -0.3 is 14.7 Å². The van der Waals surface area contributed by atoms with Crippen LogP contribution in [-0.2, 0) is 0 Å². The Kier molecular flexibility index (Phi) is 6.70. The van der Waals surface area contributed by atoms with Gasteiger partial charge in [0.2, 0.25) is 0 Å². The molecule has 0 saturated carbocycles. The second-order valence-corrected chi connectivity index (χ2v) is 5.01. The number of unbranched alkanes of at least 4 members (excludes halogenated alkanes) is 1. The van der Waals surface area contributed by atoms with Crippen molar-refractivity contribution in [2.45, 2.75) is 19.8 Å². The third-order valence-electron chi connectivity index (χ3n) is 2.85. The number of carbonyl (C=O) groups excluding carboxylic acids is 1. The highest BCUT2D eigenvalue weighted by Gasteiger charge is 2.16. The summed E-state index contributed by atoms with van der Waals surface area (Å²) in [5.41, 5.74) is 0.482. The van der Waals surface area contributed by atoms with Gasteiger partial charge in [0.15, 0.2) is 11.5 Å². The summed E-state index contributed by atoms with van der Waals surface area (Å²) >= 11 is 3.36. The number of hydrogen-bond acceptors (Lipinski definition) is 3. The second-order valence-electron chi connectivity index (χ2n) is 4.22. The van der Waals surface area contributed by atoms with E-state index in [1.807, 2.05) is 0 Å². The monoisotopic (exact) mass is 329 g/mol. The zero-order chi connectivity index (χ0) is 14.3. The molecule has 0 aliphatic carbocycles. The average Bonchev–Trinajstić information content (AvgIpc) is 2.42. The van der Waals surface area contributed by atoms with Crippen molar-refractivity contribution in [3.8, 4) is 11.5 Å². The number of halogens is 1. The highest BCUT2D eigenvalue weighted by molar-refractivity contribution is 9.09. The van der Waals surface area contributed by atoms with Crippen molar-refractivity contribution in [3.05, 3.63) is 23.8 Å². The molecule has 19 heavy (non-hydrogen) atoms. The number of benzene rings is 1. The van der Waals surface area contributed by atoms with Crippen LogP contribution in [0.2, 0.25) is 0 Å². The third kappa shape index (κ3) is 4.42. The summed E-state index contributed by atoms with van der Waals surface area (Å²) in [4.78, 5) is 14.1. The maximum Gasteiger partial charge on any atom is 0.254 e. The van der Waals surface area contributed by atoms with Gasteiger partial charge in [-0.1, -0.05) is 29.3 Å². The lowest BCUT2D eigenvalue weighted by Gasteiger charge is -2.21. The maximum atomic E-state index is 12.3. The lowest BCUT2D eigenvalue weighted by Crippen LogP contribution is -2.33. The number of rotatable bonds is 7. The van der Waals surface area contributed by atoms with Gasteiger partial charge in [-0.25, -0.2) is 0 Å². The van der Waals surface area contributed by atoms with Crippen molar-refractivity contribution < 1.29 is 14.6 Å². The van der Waals surface area contributed by atoms with Crippen molar-refractivity contribution in [2.75, 3.05) is 25.5 Å². The summed E-state index contributed by atoms with van der Waals surface area (Å²) in [6, 6.07) is 4.73. The number of aromatic hydroxyl groups is 1. The van der Waals surface area contributed by atoms with Crippen LogP contribution < -0.4 is 4.74 Å². The minimum atomic E-state index is -0.0640. The summed E-state index contributed by atoms with van der Waals surface area (Å²) in [6.45, 7) is 3.48. The molecule has 5 heteroatoms. The molecule has 1 amide bonds. The molecule has 0 unspecified atom stereocenters. The van der Waals surface area contributed by atoms with E-state index in [9.17, 15) is 9.90 Å². The fraction of sp³-hybridized carbons (Fsp3) is 0.500. The summed E-state index contributed by atoms with van der Waals surface area (Å²) < 4.78 is 4.97. The van der Waals surface area contributed by atoms with E-state index in [1.54, 1.807) is 17.0 Å². The van der Waals surface area contributed by atoms with Crippen molar-refractivity contribution in [3.63, 3.8) is 0 Å². The van der Waals surface area contributed by atoms with Gasteiger partial charge in [0.1, 0.15) is 0 Å². The Bertz CT molecular complexity index is 423. The SMILES string of the molecule is CCCCN(CCBr)C(=O)c1ccc(OC)c(O)c1. The molecule has 1 aromatic carbocycles. The first kappa shape index (κ1) is 15.8. The largest absolute Gasteiger partial charge is 0.504 e. The van der Waals surface area contributed by atoms with E-state index in [4.69, 9.17) is 4.74 Å². The van der Waals surface area contributed by atoms with E-state index >= 15 is 0 Å². The molecule has 0 radical (unpaired) electrons. The lowest BCUT2D eigenvalue weighted by molar-refractivity contribution is 0.0764. The standard InChI is InChI=1S/C14H20BrNO3/c1-3-4-8-16(9-7-15)14(18)11-5-6-13(19-2)12(17)10-11/h5-6,10,17H,3-4,7-9H2,1-2H3. The number of hydrogen-bond donors (Lipinski definition) is 1. The van der Waals surface area contributed by atoms with Crippen molar-refractivity contribution in [1.29, 1.82) is 0 Å². The fourth-order valence-electron chi connectivity index (χ4n) is 1.77. The van der Waals surface area contributed by atoms with Gasteiger partial charge in [0.25, 0.3) is 5.91 Å². The zero-order valence-corrected chi connectivity index (χ0v) is 12.9. The fourth-order valence-corrected chi connectivity index (χ4v) is 2.20. The van der Waals surface area contributed by atoms with Crippen LogP contribution in [0.3, 0.4) is 0 Å². The number of alkyl halides is 1. The molecule has 0 heterocycles. The Labute approximate surface area is 122 Å². The normalized spacial score (nSPS) is 10.3. The van der Waals surface area contributed by atoms with Crippen LogP contribution in [-0.4, -0.2) is 41.4 Å². The van der Waals surface area contributed by atoms with Gasteiger partial charge in [0.05, 0.1) is 7.11 Å². The molecule has 106 valence electrons. The van der Waals surface area contributed by atoms with Crippen molar-refractivity contribution in [2.24, 2.45) is 0 Å². The van der Waals surface area contributed by atoms with Crippen LogP contribution in [0.4, 0.5) is 0 Å². The Morgan fingerprint density at radius 3 is 2.68 bits per heavy atom. The summed E-state index contributed by atoms with van der Waals surface area (Å²) in [7, 11) is 1.48. The molecule has 0 atom stereocenters. The van der Waals surface area contributed by atoms with Crippen LogP contribution in [0.1, 0.15) is 30.1 Å². The van der Waals surface area contributed by atoms with E-state index in [-0.39, 0.29) is 11.7 Å². The topological polar surface area (TPSA) is 49.8 Å². The third-order valence-corrected chi connectivity index (χ3v) is 3.20. The predicted molar refractivity (Wildman–Crippen MR) is 79.3 cm³/mol. The van der Waals surface area contributed by atoms with E-state index in [1.165, 1.54) is 13.2 Å². The highest BCUT2D eigenvalue weighted by Crippen LogP contribution is 2.26. The molecule has 0 fully saturated rings. The number of nitrogens with zero attached hydrogens (tertiary/aromatic N) is 1. The molecule has 1 rings (SSSR count). The lowest BCUT2D eigenvalue weighted by atomic mass is 10.1. The van der Waals surface area contributed by atoms with Crippen LogP contribution in [0.25, 0.3) is 0 Å². The smallest absolute Gasteiger partial charge is 0.254 e. The van der Waals surface area contributed by atoms with Crippen LogP contribution in [0.15, 0.2) is 18.2 Å². The number of ether oxygens (including phenoxy) is 1. The Morgan fingerprint density at radius 2 is 2.16 bits per heavy atom. The zero-order valence-electron chi connectivity index (χ0n) is 11.4. The van der Waals surface area contributed by atoms with Gasteiger partial charge >= 0.3 is 0 Å². The van der Waals surface area contributed by atoms with Gasteiger partial charge in [-0.05, 0) is 24.6 Å². The minimum absolute atomic E-state index is 0.0115. The van der Waals surface area contributed by atoms with Crippen LogP contribution in [0.5, 0.6) is 11.5 Å². The second kappa shape index (κ2) is 8.04. The maximum absolute atomic E-state index is 12.3. The number of methoxy groups -OCH3 is 1. The van der Waals surface area contributed by atoms with Gasteiger partial charge in [-0.15, -0.1) is 0 Å². The highest BCUT2D eigenvalue weighted by atomic mass is 79.9. The van der Waals surface area contributed by atoms with E-state index < -0.39 is 0 Å². The number of amides is 1. The van der Waals surface area contributed by atoms with Gasteiger partial charge in [-0.3, -0.25) is 4.79 Å². The van der Waals surface area contributed by atoms with Gasteiger partial charge in [-0.2, -0.15) is 0 Å². The predicted octanol–water partition coefficient (Wildman–Crippen LogP) is 3.04. The summed E-state index contributed by atoms with van der Waals surface area (Å²) in [6.07, 6.45) is 2.01. The summed E-state index contributed by atoms with van der Waals surface area (Å²) in [5, 5.41) is 10.5. The molecule has 0 saturated heterocycles. The molecule has 0 aromatic heterocycles. The molecule has 1 N–H and O–H groups in total.